The van der Waals surface area contributed by atoms with E-state index >= 15 is 0 Å². The van der Waals surface area contributed by atoms with Crippen molar-refractivity contribution in [2.45, 2.75) is 17.2 Å². The summed E-state index contributed by atoms with van der Waals surface area (Å²) < 4.78 is 0. The predicted octanol–water partition coefficient (Wildman–Crippen LogP) is 6.58. The average Bonchev–Trinajstić information content (AvgIpc) is 3.33. The van der Waals surface area contributed by atoms with Crippen LogP contribution in [0.3, 0.4) is 0 Å². The fraction of sp³-hybridized carbons (Fsp3) is 0.0800. The van der Waals surface area contributed by atoms with Crippen molar-refractivity contribution in [3.8, 4) is 27.8 Å². The minimum atomic E-state index is -0.972. The molecule has 0 fully saturated rings. The number of thiophene rings is 1. The Labute approximate surface area is 188 Å². The van der Waals surface area contributed by atoms with E-state index in [1.807, 2.05) is 73.0 Å². The zero-order valence-corrected chi connectivity index (χ0v) is 18.3. The van der Waals surface area contributed by atoms with Gasteiger partial charge < -0.3 is 5.11 Å². The average molecular weight is 443 g/mol. The molecule has 2 aromatic carbocycles. The van der Waals surface area contributed by atoms with Crippen LogP contribution in [0.4, 0.5) is 0 Å². The number of benzene rings is 2. The molecule has 1 N–H and O–H groups in total. The maximum atomic E-state index is 12.1. The van der Waals surface area contributed by atoms with Crippen molar-refractivity contribution >= 4 is 29.1 Å². The Kier molecular flexibility index (Phi) is 6.17. The molecule has 2 heterocycles. The number of pyridine rings is 1. The van der Waals surface area contributed by atoms with Gasteiger partial charge in [-0.05, 0) is 35.6 Å². The lowest BCUT2D eigenvalue weighted by molar-refractivity contribution is -0.136. The highest BCUT2D eigenvalue weighted by Crippen LogP contribution is 2.41. The molecule has 0 radical (unpaired) electrons. The lowest BCUT2D eigenvalue weighted by atomic mass is 10.00. The van der Waals surface area contributed by atoms with Crippen LogP contribution in [0, 0.1) is 18.3 Å². The van der Waals surface area contributed by atoms with Crippen molar-refractivity contribution < 1.29 is 9.90 Å². The molecule has 0 aliphatic heterocycles. The Morgan fingerprint density at radius 1 is 1.10 bits per heavy atom. The first-order valence-electron chi connectivity index (χ1n) is 9.57. The van der Waals surface area contributed by atoms with Crippen LogP contribution in [0.15, 0.2) is 83.2 Å². The van der Waals surface area contributed by atoms with Gasteiger partial charge in [-0.2, -0.15) is 5.26 Å². The van der Waals surface area contributed by atoms with Crippen LogP contribution < -0.4 is 0 Å². The number of hydrogen-bond acceptors (Lipinski definition) is 5. The second kappa shape index (κ2) is 9.17. The Hall–Kier alpha value is -3.40. The molecule has 0 bridgehead atoms. The fourth-order valence-corrected chi connectivity index (χ4v) is 4.95. The van der Waals surface area contributed by atoms with Gasteiger partial charge >= 0.3 is 5.97 Å². The largest absolute Gasteiger partial charge is 0.480 e. The first-order valence-corrected chi connectivity index (χ1v) is 11.3. The Morgan fingerprint density at radius 2 is 1.84 bits per heavy atom. The number of rotatable bonds is 6. The minimum Gasteiger partial charge on any atom is -0.480 e. The van der Waals surface area contributed by atoms with E-state index in [0.717, 1.165) is 39.0 Å². The van der Waals surface area contributed by atoms with Gasteiger partial charge in [-0.15, -0.1) is 11.3 Å². The van der Waals surface area contributed by atoms with E-state index in [-0.39, 0.29) is 0 Å². The molecule has 4 aromatic rings. The summed E-state index contributed by atoms with van der Waals surface area (Å²) in [6, 6.07) is 25.1. The van der Waals surface area contributed by atoms with Crippen LogP contribution in [0.1, 0.15) is 21.9 Å². The van der Waals surface area contributed by atoms with Gasteiger partial charge in [0.1, 0.15) is 16.3 Å². The molecule has 0 amide bonds. The Morgan fingerprint density at radius 3 is 2.45 bits per heavy atom. The molecule has 2 aromatic heterocycles. The van der Waals surface area contributed by atoms with Gasteiger partial charge in [-0.25, -0.2) is 4.98 Å². The van der Waals surface area contributed by atoms with E-state index in [0.29, 0.717) is 16.2 Å². The molecule has 31 heavy (non-hydrogen) atoms. The van der Waals surface area contributed by atoms with Crippen LogP contribution in [-0.2, 0) is 4.79 Å². The molecule has 0 saturated heterocycles. The van der Waals surface area contributed by atoms with Crippen LogP contribution >= 0.6 is 23.1 Å². The third-order valence-corrected chi connectivity index (χ3v) is 6.91. The minimum absolute atomic E-state index is 0.386. The van der Waals surface area contributed by atoms with E-state index in [1.54, 1.807) is 23.5 Å². The summed E-state index contributed by atoms with van der Waals surface area (Å²) in [5.74, 6) is -0.972. The molecule has 4 nitrogen and oxygen atoms in total. The summed E-state index contributed by atoms with van der Waals surface area (Å²) in [7, 11) is 0. The fourth-order valence-electron chi connectivity index (χ4n) is 3.23. The maximum Gasteiger partial charge on any atom is 0.321 e. The molecule has 1 atom stereocenters. The summed E-state index contributed by atoms with van der Waals surface area (Å²) in [6.45, 7) is 2.01. The molecule has 152 valence electrons. The molecule has 0 aliphatic carbocycles. The number of aliphatic carboxylic acids is 1. The molecular formula is C25H18N2O2S2. The van der Waals surface area contributed by atoms with E-state index in [9.17, 15) is 15.2 Å². The third-order valence-electron chi connectivity index (χ3n) is 4.79. The lowest BCUT2D eigenvalue weighted by Gasteiger charge is -2.16. The summed E-state index contributed by atoms with van der Waals surface area (Å²) in [4.78, 5) is 17.8. The van der Waals surface area contributed by atoms with E-state index in [2.05, 4.69) is 6.07 Å². The first kappa shape index (κ1) is 20.9. The monoisotopic (exact) mass is 442 g/mol. The highest BCUT2D eigenvalue weighted by atomic mass is 32.2. The summed E-state index contributed by atoms with van der Waals surface area (Å²) >= 11 is 2.65. The number of carbonyl (C=O) groups is 1. The number of carboxylic acid groups (broad SMARTS) is 1. The smallest absolute Gasteiger partial charge is 0.321 e. The molecule has 0 spiro atoms. The SMILES string of the molecule is Cc1ccc(-c2cc(-c3cccs3)nc(SC(C(=O)O)c3ccccc3)c2C#N)cc1. The number of thioether (sulfide) groups is 1. The standard InChI is InChI=1S/C25H18N2O2S2/c1-16-9-11-17(12-10-16)19-14-21(22-8-5-13-30-22)27-24(20(19)15-26)31-23(25(28)29)18-6-3-2-4-7-18/h2-14,23H,1H3,(H,28,29). The Bertz CT molecular complexity index is 1250. The van der Waals surface area contributed by atoms with Gasteiger partial charge in [0, 0.05) is 5.56 Å². The van der Waals surface area contributed by atoms with Crippen molar-refractivity contribution in [3.05, 3.63) is 94.9 Å². The molecule has 1 unspecified atom stereocenters. The van der Waals surface area contributed by atoms with E-state index in [4.69, 9.17) is 4.98 Å². The molecule has 4 rings (SSSR count). The number of nitriles is 1. The highest BCUT2D eigenvalue weighted by molar-refractivity contribution is 8.00. The molecule has 0 aliphatic rings. The number of carboxylic acids is 1. The van der Waals surface area contributed by atoms with Gasteiger partial charge in [0.15, 0.2) is 0 Å². The highest BCUT2D eigenvalue weighted by Gasteiger charge is 2.25. The van der Waals surface area contributed by atoms with Crippen LogP contribution in [-0.4, -0.2) is 16.1 Å². The number of aromatic nitrogens is 1. The van der Waals surface area contributed by atoms with Crippen LogP contribution in [0.5, 0.6) is 0 Å². The Balaban J connectivity index is 1.89. The van der Waals surface area contributed by atoms with E-state index in [1.165, 1.54) is 0 Å². The van der Waals surface area contributed by atoms with Crippen molar-refractivity contribution in [1.82, 2.24) is 4.98 Å². The normalized spacial score (nSPS) is 11.6. The van der Waals surface area contributed by atoms with Gasteiger partial charge in [-0.3, -0.25) is 4.79 Å². The van der Waals surface area contributed by atoms with Crippen LogP contribution in [0.25, 0.3) is 21.7 Å². The summed E-state index contributed by atoms with van der Waals surface area (Å²) in [6.07, 6.45) is 0. The molecule has 0 saturated carbocycles. The number of hydrogen-bond donors (Lipinski definition) is 1. The first-order chi connectivity index (χ1) is 15.1. The summed E-state index contributed by atoms with van der Waals surface area (Å²) in [5, 5.41) is 21.4. The van der Waals surface area contributed by atoms with Crippen molar-refractivity contribution in [2.24, 2.45) is 0 Å². The van der Waals surface area contributed by atoms with Crippen molar-refractivity contribution in [3.63, 3.8) is 0 Å². The zero-order chi connectivity index (χ0) is 21.8. The quantitative estimate of drug-likeness (QED) is 0.342. The third kappa shape index (κ3) is 4.53. The zero-order valence-electron chi connectivity index (χ0n) is 16.6. The lowest BCUT2D eigenvalue weighted by Crippen LogP contribution is -2.09. The predicted molar refractivity (Wildman–Crippen MR) is 125 cm³/mol. The van der Waals surface area contributed by atoms with Gasteiger partial charge in [0.25, 0.3) is 0 Å². The topological polar surface area (TPSA) is 74.0 Å². The van der Waals surface area contributed by atoms with E-state index < -0.39 is 11.2 Å². The molecule has 6 heteroatoms. The summed E-state index contributed by atoms with van der Waals surface area (Å²) in [5.41, 5.74) is 4.54. The number of nitrogens with zero attached hydrogens (tertiary/aromatic N) is 2. The van der Waals surface area contributed by atoms with Crippen LogP contribution in [0.2, 0.25) is 0 Å². The van der Waals surface area contributed by atoms with Gasteiger partial charge in [-0.1, -0.05) is 78.0 Å². The molecular weight excluding hydrogens is 424 g/mol. The second-order valence-electron chi connectivity index (χ2n) is 6.94. The van der Waals surface area contributed by atoms with Crippen molar-refractivity contribution in [1.29, 1.82) is 5.26 Å². The maximum absolute atomic E-state index is 12.1. The van der Waals surface area contributed by atoms with Gasteiger partial charge in [0.2, 0.25) is 0 Å². The van der Waals surface area contributed by atoms with Gasteiger partial charge in [0.05, 0.1) is 16.1 Å². The second-order valence-corrected chi connectivity index (χ2v) is 8.98. The van der Waals surface area contributed by atoms with Crippen molar-refractivity contribution in [2.75, 3.05) is 0 Å². The number of aryl methyl sites for hydroxylation is 1.